The third-order valence-corrected chi connectivity index (χ3v) is 4.81. The third-order valence-electron chi connectivity index (χ3n) is 3.96. The van der Waals surface area contributed by atoms with Crippen molar-refractivity contribution >= 4 is 23.2 Å². The van der Waals surface area contributed by atoms with E-state index in [1.165, 1.54) is 12.8 Å². The molecule has 114 valence electrons. The van der Waals surface area contributed by atoms with Gasteiger partial charge in [-0.15, -0.1) is 11.3 Å². The van der Waals surface area contributed by atoms with Crippen LogP contribution in [-0.4, -0.2) is 23.3 Å². The van der Waals surface area contributed by atoms with Crippen molar-refractivity contribution in [3.05, 3.63) is 16.6 Å². The summed E-state index contributed by atoms with van der Waals surface area (Å²) < 4.78 is 0. The van der Waals surface area contributed by atoms with Gasteiger partial charge in [-0.25, -0.2) is 4.98 Å². The van der Waals surface area contributed by atoms with Gasteiger partial charge in [0.1, 0.15) is 5.01 Å². The van der Waals surface area contributed by atoms with Crippen LogP contribution in [0.2, 0.25) is 0 Å². The highest BCUT2D eigenvalue weighted by Gasteiger charge is 2.34. The average Bonchev–Trinajstić information content (AvgIpc) is 3.39. The lowest BCUT2D eigenvalue weighted by Gasteiger charge is -2.15. The average molecular weight is 307 g/mol. The Morgan fingerprint density at radius 3 is 2.76 bits per heavy atom. The number of aromatic nitrogens is 1. The highest BCUT2D eigenvalue weighted by molar-refractivity contribution is 7.09. The molecule has 0 bridgehead atoms. The number of carbonyl (C=O) groups is 2. The number of hydrogen-bond donors (Lipinski definition) is 2. The molecule has 0 aliphatic heterocycles. The minimum absolute atomic E-state index is 0.0581. The van der Waals surface area contributed by atoms with E-state index >= 15 is 0 Å². The van der Waals surface area contributed by atoms with E-state index in [4.69, 9.17) is 0 Å². The Hall–Kier alpha value is -1.43. The van der Waals surface area contributed by atoms with E-state index in [0.29, 0.717) is 25.3 Å². The van der Waals surface area contributed by atoms with Gasteiger partial charge in [0, 0.05) is 30.5 Å². The Morgan fingerprint density at radius 1 is 1.33 bits per heavy atom. The van der Waals surface area contributed by atoms with E-state index in [2.05, 4.69) is 15.6 Å². The van der Waals surface area contributed by atoms with Crippen LogP contribution in [-0.2, 0) is 9.59 Å². The van der Waals surface area contributed by atoms with Gasteiger partial charge in [-0.05, 0) is 38.0 Å². The lowest BCUT2D eigenvalue weighted by atomic mass is 10.2. The molecule has 1 atom stereocenters. The van der Waals surface area contributed by atoms with Crippen molar-refractivity contribution in [1.82, 2.24) is 15.6 Å². The Bertz CT molecular complexity index is 495. The Morgan fingerprint density at radius 2 is 2.14 bits per heavy atom. The standard InChI is InChI=1S/C15H21N3O2S/c19-12(2-1-7-16-14(20)11-5-6-11)18-13(10-3-4-10)15-17-8-9-21-15/h8-11,13H,1-7H2,(H,16,20)(H,18,19). The molecular formula is C15H21N3O2S. The van der Waals surface area contributed by atoms with Crippen molar-refractivity contribution in [1.29, 1.82) is 0 Å². The minimum Gasteiger partial charge on any atom is -0.356 e. The molecule has 21 heavy (non-hydrogen) atoms. The third kappa shape index (κ3) is 4.27. The van der Waals surface area contributed by atoms with Gasteiger partial charge in [0.25, 0.3) is 0 Å². The van der Waals surface area contributed by atoms with E-state index in [1.807, 2.05) is 5.38 Å². The minimum atomic E-state index is 0.0581. The summed E-state index contributed by atoms with van der Waals surface area (Å²) in [4.78, 5) is 27.8. The summed E-state index contributed by atoms with van der Waals surface area (Å²) >= 11 is 1.60. The molecule has 1 heterocycles. The molecule has 0 aromatic carbocycles. The number of hydrogen-bond acceptors (Lipinski definition) is 4. The number of amides is 2. The van der Waals surface area contributed by atoms with Gasteiger partial charge < -0.3 is 10.6 Å². The molecule has 0 radical (unpaired) electrons. The summed E-state index contributed by atoms with van der Waals surface area (Å²) in [6.07, 6.45) is 7.31. The molecule has 2 aliphatic carbocycles. The van der Waals surface area contributed by atoms with Crippen LogP contribution in [0.1, 0.15) is 49.6 Å². The van der Waals surface area contributed by atoms with E-state index in [-0.39, 0.29) is 23.8 Å². The molecule has 0 saturated heterocycles. The molecule has 2 N–H and O–H groups in total. The maximum Gasteiger partial charge on any atom is 0.223 e. The van der Waals surface area contributed by atoms with Gasteiger partial charge in [-0.1, -0.05) is 0 Å². The second-order valence-electron chi connectivity index (χ2n) is 5.92. The fraction of sp³-hybridized carbons (Fsp3) is 0.667. The fourth-order valence-corrected chi connectivity index (χ4v) is 3.18. The first-order chi connectivity index (χ1) is 10.2. The maximum absolute atomic E-state index is 12.0. The zero-order valence-corrected chi connectivity index (χ0v) is 12.8. The van der Waals surface area contributed by atoms with E-state index in [1.54, 1.807) is 17.5 Å². The van der Waals surface area contributed by atoms with Gasteiger partial charge in [0.05, 0.1) is 6.04 Å². The summed E-state index contributed by atoms with van der Waals surface area (Å²) in [5.74, 6) is 0.995. The molecule has 2 amide bonds. The Kier molecular flexibility index (Phi) is 4.53. The van der Waals surface area contributed by atoms with Crippen molar-refractivity contribution in [2.24, 2.45) is 11.8 Å². The topological polar surface area (TPSA) is 71.1 Å². The first-order valence-electron chi connectivity index (χ1n) is 7.70. The molecule has 2 saturated carbocycles. The van der Waals surface area contributed by atoms with Crippen LogP contribution < -0.4 is 10.6 Å². The molecule has 1 aromatic rings. The predicted molar refractivity (Wildman–Crippen MR) is 80.7 cm³/mol. The number of nitrogens with one attached hydrogen (secondary N) is 2. The molecule has 6 heteroatoms. The van der Waals surface area contributed by atoms with Crippen LogP contribution in [0.15, 0.2) is 11.6 Å². The van der Waals surface area contributed by atoms with Crippen LogP contribution in [0.3, 0.4) is 0 Å². The summed E-state index contributed by atoms with van der Waals surface area (Å²) in [5, 5.41) is 8.94. The van der Waals surface area contributed by atoms with Gasteiger partial charge in [-0.3, -0.25) is 9.59 Å². The molecule has 5 nitrogen and oxygen atoms in total. The molecular weight excluding hydrogens is 286 g/mol. The molecule has 0 spiro atoms. The van der Waals surface area contributed by atoms with Crippen LogP contribution in [0.5, 0.6) is 0 Å². The van der Waals surface area contributed by atoms with Crippen molar-refractivity contribution in [3.8, 4) is 0 Å². The molecule has 2 aliphatic rings. The van der Waals surface area contributed by atoms with E-state index < -0.39 is 0 Å². The summed E-state index contributed by atoms with van der Waals surface area (Å²) in [6.45, 7) is 0.591. The van der Waals surface area contributed by atoms with Gasteiger partial charge in [0.2, 0.25) is 11.8 Å². The van der Waals surface area contributed by atoms with Crippen LogP contribution in [0.4, 0.5) is 0 Å². The quantitative estimate of drug-likeness (QED) is 0.722. The largest absolute Gasteiger partial charge is 0.356 e. The number of thiazole rings is 1. The normalized spacial score (nSPS) is 19.0. The first kappa shape index (κ1) is 14.5. The number of rotatable bonds is 8. The first-order valence-corrected chi connectivity index (χ1v) is 8.58. The van der Waals surface area contributed by atoms with E-state index in [9.17, 15) is 9.59 Å². The maximum atomic E-state index is 12.0. The summed E-state index contributed by atoms with van der Waals surface area (Å²) in [7, 11) is 0. The van der Waals surface area contributed by atoms with Crippen LogP contribution >= 0.6 is 11.3 Å². The lowest BCUT2D eigenvalue weighted by Crippen LogP contribution is -2.31. The molecule has 3 rings (SSSR count). The van der Waals surface area contributed by atoms with Crippen molar-refractivity contribution in [2.75, 3.05) is 6.54 Å². The van der Waals surface area contributed by atoms with Crippen LogP contribution in [0.25, 0.3) is 0 Å². The highest BCUT2D eigenvalue weighted by Crippen LogP contribution is 2.41. The second-order valence-corrected chi connectivity index (χ2v) is 6.85. The Balaban J connectivity index is 1.37. The SMILES string of the molecule is O=C(CCCNC(=O)C1CC1)NC(c1nccs1)C1CC1. The summed E-state index contributed by atoms with van der Waals surface area (Å²) in [6, 6.07) is 0.0820. The Labute approximate surface area is 128 Å². The highest BCUT2D eigenvalue weighted by atomic mass is 32.1. The lowest BCUT2D eigenvalue weighted by molar-refractivity contribution is -0.124. The molecule has 2 fully saturated rings. The summed E-state index contributed by atoms with van der Waals surface area (Å²) in [5.41, 5.74) is 0. The number of nitrogens with zero attached hydrogens (tertiary/aromatic N) is 1. The van der Waals surface area contributed by atoms with Gasteiger partial charge in [0.15, 0.2) is 0 Å². The molecule has 1 unspecified atom stereocenters. The number of carbonyl (C=O) groups excluding carboxylic acids is 2. The second kappa shape index (κ2) is 6.56. The van der Waals surface area contributed by atoms with Crippen molar-refractivity contribution in [2.45, 2.75) is 44.6 Å². The zero-order valence-electron chi connectivity index (χ0n) is 12.0. The van der Waals surface area contributed by atoms with Gasteiger partial charge >= 0.3 is 0 Å². The monoisotopic (exact) mass is 307 g/mol. The smallest absolute Gasteiger partial charge is 0.223 e. The van der Waals surface area contributed by atoms with Crippen molar-refractivity contribution in [3.63, 3.8) is 0 Å². The zero-order chi connectivity index (χ0) is 14.7. The predicted octanol–water partition coefficient (Wildman–Crippen LogP) is 2.02. The van der Waals surface area contributed by atoms with E-state index in [0.717, 1.165) is 17.8 Å². The fourth-order valence-electron chi connectivity index (χ4n) is 2.39. The van der Waals surface area contributed by atoms with Gasteiger partial charge in [-0.2, -0.15) is 0 Å². The molecule has 1 aromatic heterocycles. The van der Waals surface area contributed by atoms with Crippen LogP contribution in [0, 0.1) is 11.8 Å². The van der Waals surface area contributed by atoms with Crippen molar-refractivity contribution < 1.29 is 9.59 Å².